The van der Waals surface area contributed by atoms with Crippen molar-refractivity contribution >= 4 is 10.9 Å². The molecule has 0 fully saturated rings. The van der Waals surface area contributed by atoms with Gasteiger partial charge in [-0.25, -0.2) is 0 Å². The number of benzene rings is 1. The number of aryl methyl sites for hydroxylation is 1. The molecule has 1 aliphatic rings. The summed E-state index contributed by atoms with van der Waals surface area (Å²) in [6, 6.07) is 6.30. The summed E-state index contributed by atoms with van der Waals surface area (Å²) in [5.74, 6) is 1.76. The molecule has 1 aliphatic carbocycles. The van der Waals surface area contributed by atoms with Gasteiger partial charge in [-0.3, -0.25) is 0 Å². The van der Waals surface area contributed by atoms with Gasteiger partial charge >= 0.3 is 0 Å². The number of aromatic nitrogens is 1. The average molecular weight is 215 g/mol. The minimum absolute atomic E-state index is 0.803. The minimum Gasteiger partial charge on any atom is -0.495 e. The molecule has 0 saturated heterocycles. The van der Waals surface area contributed by atoms with E-state index in [1.807, 2.05) is 6.07 Å². The van der Waals surface area contributed by atoms with Gasteiger partial charge in [0.25, 0.3) is 0 Å². The van der Waals surface area contributed by atoms with Crippen molar-refractivity contribution in [3.63, 3.8) is 0 Å². The van der Waals surface area contributed by atoms with Gasteiger partial charge < -0.3 is 9.72 Å². The van der Waals surface area contributed by atoms with E-state index in [4.69, 9.17) is 4.74 Å². The Hall–Kier alpha value is -1.44. The van der Waals surface area contributed by atoms with E-state index in [1.165, 1.54) is 41.4 Å². The summed E-state index contributed by atoms with van der Waals surface area (Å²) in [6.45, 7) is 2.34. The zero-order valence-corrected chi connectivity index (χ0v) is 9.84. The van der Waals surface area contributed by atoms with E-state index < -0.39 is 0 Å². The molecule has 1 atom stereocenters. The number of para-hydroxylation sites is 1. The zero-order chi connectivity index (χ0) is 11.1. The van der Waals surface area contributed by atoms with Gasteiger partial charge in [0, 0.05) is 11.1 Å². The summed E-state index contributed by atoms with van der Waals surface area (Å²) in [6.07, 6.45) is 3.67. The third-order valence-corrected chi connectivity index (χ3v) is 3.65. The highest BCUT2D eigenvalue weighted by molar-refractivity contribution is 5.89. The maximum atomic E-state index is 5.40. The van der Waals surface area contributed by atoms with E-state index in [9.17, 15) is 0 Å². The van der Waals surface area contributed by atoms with Gasteiger partial charge in [-0.2, -0.15) is 0 Å². The first kappa shape index (κ1) is 9.76. The lowest BCUT2D eigenvalue weighted by molar-refractivity contribution is 0.419. The monoisotopic (exact) mass is 215 g/mol. The third kappa shape index (κ3) is 1.33. The highest BCUT2D eigenvalue weighted by atomic mass is 16.5. The van der Waals surface area contributed by atoms with Crippen LogP contribution in [0, 0.1) is 5.92 Å². The first-order chi connectivity index (χ1) is 7.79. The highest BCUT2D eigenvalue weighted by Gasteiger charge is 2.20. The van der Waals surface area contributed by atoms with Gasteiger partial charge in [0.2, 0.25) is 0 Å². The van der Waals surface area contributed by atoms with Crippen LogP contribution in [0.4, 0.5) is 0 Å². The lowest BCUT2D eigenvalue weighted by Crippen LogP contribution is -2.09. The van der Waals surface area contributed by atoms with Crippen LogP contribution < -0.4 is 4.74 Å². The summed E-state index contributed by atoms with van der Waals surface area (Å²) < 4.78 is 5.40. The molecule has 2 nitrogen and oxygen atoms in total. The number of H-pyrrole nitrogens is 1. The van der Waals surface area contributed by atoms with Crippen LogP contribution in [-0.2, 0) is 12.8 Å². The Morgan fingerprint density at radius 3 is 3.06 bits per heavy atom. The molecule has 0 spiro atoms. The molecule has 3 rings (SSSR count). The fourth-order valence-corrected chi connectivity index (χ4v) is 2.76. The fourth-order valence-electron chi connectivity index (χ4n) is 2.76. The van der Waals surface area contributed by atoms with Gasteiger partial charge in [-0.05, 0) is 36.8 Å². The van der Waals surface area contributed by atoms with E-state index in [0.29, 0.717) is 0 Å². The normalized spacial score (nSPS) is 19.8. The van der Waals surface area contributed by atoms with E-state index in [0.717, 1.165) is 11.7 Å². The molecular formula is C14H17NO. The van der Waals surface area contributed by atoms with Crippen molar-refractivity contribution in [2.75, 3.05) is 7.11 Å². The summed E-state index contributed by atoms with van der Waals surface area (Å²) in [7, 11) is 1.73. The lowest BCUT2D eigenvalue weighted by Gasteiger charge is -2.17. The molecule has 2 aromatic rings. The smallest absolute Gasteiger partial charge is 0.142 e. The number of methoxy groups -OCH3 is 1. The third-order valence-electron chi connectivity index (χ3n) is 3.65. The molecule has 1 unspecified atom stereocenters. The van der Waals surface area contributed by atoms with Crippen LogP contribution in [-0.4, -0.2) is 12.1 Å². The molecule has 0 saturated carbocycles. The topological polar surface area (TPSA) is 25.0 Å². The largest absolute Gasteiger partial charge is 0.495 e. The average Bonchev–Trinajstić information content (AvgIpc) is 2.67. The maximum absolute atomic E-state index is 5.40. The molecular weight excluding hydrogens is 198 g/mol. The SMILES string of the molecule is COc1cccc2c3c([nH]c12)CCC(C)C3. The Labute approximate surface area is 95.6 Å². The zero-order valence-electron chi connectivity index (χ0n) is 9.84. The molecule has 16 heavy (non-hydrogen) atoms. The van der Waals surface area contributed by atoms with Crippen LogP contribution in [0.25, 0.3) is 10.9 Å². The van der Waals surface area contributed by atoms with E-state index in [-0.39, 0.29) is 0 Å². The van der Waals surface area contributed by atoms with Gasteiger partial charge in [-0.1, -0.05) is 19.1 Å². The number of ether oxygens (including phenoxy) is 1. The van der Waals surface area contributed by atoms with Crippen molar-refractivity contribution in [3.8, 4) is 5.75 Å². The second kappa shape index (κ2) is 3.55. The van der Waals surface area contributed by atoms with Crippen molar-refractivity contribution in [2.45, 2.75) is 26.2 Å². The lowest BCUT2D eigenvalue weighted by atomic mass is 9.88. The Kier molecular flexibility index (Phi) is 2.16. The molecule has 1 aromatic carbocycles. The quantitative estimate of drug-likeness (QED) is 0.775. The Morgan fingerprint density at radius 1 is 1.38 bits per heavy atom. The number of hydrogen-bond acceptors (Lipinski definition) is 1. The Bertz CT molecular complexity index is 527. The summed E-state index contributed by atoms with van der Waals surface area (Å²) in [5, 5.41) is 1.35. The van der Waals surface area contributed by atoms with E-state index in [2.05, 4.69) is 24.0 Å². The number of hydrogen-bond donors (Lipinski definition) is 1. The summed E-state index contributed by atoms with van der Waals surface area (Å²) in [4.78, 5) is 3.53. The molecule has 0 radical (unpaired) electrons. The maximum Gasteiger partial charge on any atom is 0.142 e. The van der Waals surface area contributed by atoms with Crippen LogP contribution in [0.2, 0.25) is 0 Å². The van der Waals surface area contributed by atoms with Gasteiger partial charge in [0.15, 0.2) is 0 Å². The number of nitrogens with one attached hydrogen (secondary N) is 1. The van der Waals surface area contributed by atoms with Crippen molar-refractivity contribution in [3.05, 3.63) is 29.5 Å². The predicted molar refractivity (Wildman–Crippen MR) is 66.0 cm³/mol. The fraction of sp³-hybridized carbons (Fsp3) is 0.429. The van der Waals surface area contributed by atoms with E-state index >= 15 is 0 Å². The standard InChI is InChI=1S/C14H17NO/c1-9-6-7-12-11(8-9)10-4-3-5-13(16-2)14(10)15-12/h3-5,9,15H,6-8H2,1-2H3. The van der Waals surface area contributed by atoms with Gasteiger partial charge in [-0.15, -0.1) is 0 Å². The van der Waals surface area contributed by atoms with Crippen molar-refractivity contribution in [1.29, 1.82) is 0 Å². The summed E-state index contributed by atoms with van der Waals surface area (Å²) in [5.41, 5.74) is 4.09. The summed E-state index contributed by atoms with van der Waals surface area (Å²) >= 11 is 0. The van der Waals surface area contributed by atoms with Gasteiger partial charge in [0.1, 0.15) is 5.75 Å². The molecule has 84 valence electrons. The number of aromatic amines is 1. The minimum atomic E-state index is 0.803. The molecule has 0 bridgehead atoms. The molecule has 2 heteroatoms. The highest BCUT2D eigenvalue weighted by Crippen LogP contribution is 2.35. The van der Waals surface area contributed by atoms with Gasteiger partial charge in [0.05, 0.1) is 12.6 Å². The number of fused-ring (bicyclic) bond motifs is 3. The molecule has 0 amide bonds. The van der Waals surface area contributed by atoms with Crippen LogP contribution in [0.5, 0.6) is 5.75 Å². The van der Waals surface area contributed by atoms with E-state index in [1.54, 1.807) is 7.11 Å². The van der Waals surface area contributed by atoms with Crippen LogP contribution >= 0.6 is 0 Å². The first-order valence-electron chi connectivity index (χ1n) is 5.96. The Balaban J connectivity index is 2.25. The van der Waals surface area contributed by atoms with Crippen molar-refractivity contribution in [1.82, 2.24) is 4.98 Å². The molecule has 0 aliphatic heterocycles. The first-order valence-corrected chi connectivity index (χ1v) is 5.96. The van der Waals surface area contributed by atoms with Crippen LogP contribution in [0.3, 0.4) is 0 Å². The second-order valence-electron chi connectivity index (χ2n) is 4.81. The van der Waals surface area contributed by atoms with Crippen molar-refractivity contribution < 1.29 is 4.74 Å². The van der Waals surface area contributed by atoms with Crippen molar-refractivity contribution in [2.24, 2.45) is 5.92 Å². The predicted octanol–water partition coefficient (Wildman–Crippen LogP) is 3.30. The molecule has 1 N–H and O–H groups in total. The molecule has 1 aromatic heterocycles. The molecule has 1 heterocycles. The number of rotatable bonds is 1. The van der Waals surface area contributed by atoms with Crippen LogP contribution in [0.15, 0.2) is 18.2 Å². The Morgan fingerprint density at radius 2 is 2.25 bits per heavy atom. The second-order valence-corrected chi connectivity index (χ2v) is 4.81. The van der Waals surface area contributed by atoms with Crippen LogP contribution in [0.1, 0.15) is 24.6 Å².